The second-order valence-electron chi connectivity index (χ2n) is 3.13. The third kappa shape index (κ3) is 1.91. The van der Waals surface area contributed by atoms with Crippen LogP contribution in [0, 0.1) is 0 Å². The Bertz CT molecular complexity index is 350. The van der Waals surface area contributed by atoms with E-state index in [2.05, 4.69) is 38.8 Å². The third-order valence-electron chi connectivity index (χ3n) is 2.09. The first-order valence-corrected chi connectivity index (χ1v) is 6.12. The molecule has 1 aliphatic rings. The summed E-state index contributed by atoms with van der Waals surface area (Å²) in [6, 6.07) is 3.97. The van der Waals surface area contributed by atoms with Crippen molar-refractivity contribution in [3.63, 3.8) is 0 Å². The normalized spacial score (nSPS) is 16.5. The topological polar surface area (TPSA) is 18.5 Å². The van der Waals surface area contributed by atoms with E-state index in [9.17, 15) is 0 Å². The molecule has 1 aromatic rings. The largest absolute Gasteiger partial charge is 0.486 e. The molecule has 2 nitrogen and oxygen atoms in total. The molecule has 1 atom stereocenters. The van der Waals surface area contributed by atoms with Crippen LogP contribution < -0.4 is 9.47 Å². The molecule has 1 aliphatic heterocycles. The van der Waals surface area contributed by atoms with E-state index >= 15 is 0 Å². The van der Waals surface area contributed by atoms with E-state index in [1.54, 1.807) is 0 Å². The molecule has 0 aromatic heterocycles. The molecule has 0 radical (unpaired) electrons. The minimum absolute atomic E-state index is 0.299. The van der Waals surface area contributed by atoms with Gasteiger partial charge in [-0.3, -0.25) is 0 Å². The second-order valence-corrected chi connectivity index (χ2v) is 5.36. The van der Waals surface area contributed by atoms with Crippen LogP contribution >= 0.6 is 31.9 Å². The van der Waals surface area contributed by atoms with Crippen molar-refractivity contribution < 1.29 is 9.47 Å². The summed E-state index contributed by atoms with van der Waals surface area (Å²) in [5.41, 5.74) is 1.18. The maximum atomic E-state index is 5.50. The SMILES string of the molecule is CC(Br)c1cc2c(cc1Br)OCCO2. The first-order chi connectivity index (χ1) is 6.68. The Morgan fingerprint density at radius 2 is 1.79 bits per heavy atom. The first-order valence-electron chi connectivity index (χ1n) is 4.41. The number of hydrogen-bond donors (Lipinski definition) is 0. The summed E-state index contributed by atoms with van der Waals surface area (Å²) < 4.78 is 12.0. The van der Waals surface area contributed by atoms with E-state index in [0.29, 0.717) is 18.0 Å². The van der Waals surface area contributed by atoms with Crippen molar-refractivity contribution in [1.29, 1.82) is 0 Å². The van der Waals surface area contributed by atoms with Gasteiger partial charge in [0.05, 0.1) is 0 Å². The Hall–Kier alpha value is -0.220. The molecule has 0 spiro atoms. The predicted molar refractivity (Wildman–Crippen MR) is 62.5 cm³/mol. The van der Waals surface area contributed by atoms with Crippen LogP contribution in [0.4, 0.5) is 0 Å². The summed E-state index contributed by atoms with van der Waals surface area (Å²) in [4.78, 5) is 0.299. The summed E-state index contributed by atoms with van der Waals surface area (Å²) >= 11 is 7.05. The average molecular weight is 322 g/mol. The number of ether oxygens (including phenoxy) is 2. The van der Waals surface area contributed by atoms with E-state index < -0.39 is 0 Å². The molecule has 0 N–H and O–H groups in total. The number of halogens is 2. The van der Waals surface area contributed by atoms with E-state index in [0.717, 1.165) is 16.0 Å². The van der Waals surface area contributed by atoms with Gasteiger partial charge in [-0.1, -0.05) is 31.9 Å². The summed E-state index contributed by atoms with van der Waals surface area (Å²) in [5.74, 6) is 1.65. The minimum atomic E-state index is 0.299. The lowest BCUT2D eigenvalue weighted by molar-refractivity contribution is 0.171. The molecule has 0 saturated carbocycles. The van der Waals surface area contributed by atoms with Crippen molar-refractivity contribution in [1.82, 2.24) is 0 Å². The Morgan fingerprint density at radius 1 is 1.21 bits per heavy atom. The minimum Gasteiger partial charge on any atom is -0.486 e. The van der Waals surface area contributed by atoms with Gasteiger partial charge in [0, 0.05) is 9.30 Å². The van der Waals surface area contributed by atoms with Crippen LogP contribution in [0.15, 0.2) is 16.6 Å². The Kier molecular flexibility index (Phi) is 3.02. The van der Waals surface area contributed by atoms with Gasteiger partial charge in [0.1, 0.15) is 13.2 Å². The monoisotopic (exact) mass is 320 g/mol. The van der Waals surface area contributed by atoms with E-state index in [1.165, 1.54) is 5.56 Å². The molecule has 0 amide bonds. The zero-order valence-corrected chi connectivity index (χ0v) is 10.9. The number of hydrogen-bond acceptors (Lipinski definition) is 2. The maximum Gasteiger partial charge on any atom is 0.162 e. The van der Waals surface area contributed by atoms with Crippen LogP contribution in [0.5, 0.6) is 11.5 Å². The molecule has 0 aliphatic carbocycles. The summed E-state index contributed by atoms with van der Waals surface area (Å²) in [6.45, 7) is 3.34. The van der Waals surface area contributed by atoms with Gasteiger partial charge in [-0.2, -0.15) is 0 Å². The summed E-state index contributed by atoms with van der Waals surface area (Å²) in [6.07, 6.45) is 0. The van der Waals surface area contributed by atoms with Crippen LogP contribution in [0.2, 0.25) is 0 Å². The number of alkyl halides is 1. The number of rotatable bonds is 1. The predicted octanol–water partition coefficient (Wildman–Crippen LogP) is 3.68. The number of fused-ring (bicyclic) bond motifs is 1. The Balaban J connectivity index is 2.45. The fourth-order valence-electron chi connectivity index (χ4n) is 1.38. The van der Waals surface area contributed by atoms with Gasteiger partial charge in [0.15, 0.2) is 11.5 Å². The fourth-order valence-corrected chi connectivity index (χ4v) is 2.74. The lowest BCUT2D eigenvalue weighted by atomic mass is 10.1. The lowest BCUT2D eigenvalue weighted by Gasteiger charge is -2.20. The molecule has 0 bridgehead atoms. The molecule has 1 aromatic carbocycles. The zero-order chi connectivity index (χ0) is 10.1. The van der Waals surface area contributed by atoms with Gasteiger partial charge < -0.3 is 9.47 Å². The van der Waals surface area contributed by atoms with Crippen molar-refractivity contribution in [2.24, 2.45) is 0 Å². The maximum absolute atomic E-state index is 5.50. The highest BCUT2D eigenvalue weighted by atomic mass is 79.9. The van der Waals surface area contributed by atoms with Crippen LogP contribution in [-0.4, -0.2) is 13.2 Å². The quantitative estimate of drug-likeness (QED) is 0.735. The second kappa shape index (κ2) is 4.11. The molecule has 2 rings (SSSR count). The van der Waals surface area contributed by atoms with Crippen LogP contribution in [0.3, 0.4) is 0 Å². The van der Waals surface area contributed by atoms with Gasteiger partial charge in [0.25, 0.3) is 0 Å². The van der Waals surface area contributed by atoms with Gasteiger partial charge in [-0.25, -0.2) is 0 Å². The van der Waals surface area contributed by atoms with Crippen molar-refractivity contribution in [3.05, 3.63) is 22.2 Å². The highest BCUT2D eigenvalue weighted by Gasteiger charge is 2.16. The van der Waals surface area contributed by atoms with E-state index in [-0.39, 0.29) is 0 Å². The molecule has 14 heavy (non-hydrogen) atoms. The van der Waals surface area contributed by atoms with Crippen molar-refractivity contribution in [2.75, 3.05) is 13.2 Å². The highest BCUT2D eigenvalue weighted by Crippen LogP contribution is 2.39. The third-order valence-corrected chi connectivity index (χ3v) is 3.27. The van der Waals surface area contributed by atoms with Gasteiger partial charge >= 0.3 is 0 Å². The van der Waals surface area contributed by atoms with Crippen molar-refractivity contribution in [3.8, 4) is 11.5 Å². The average Bonchev–Trinajstić information content (AvgIpc) is 2.16. The zero-order valence-electron chi connectivity index (χ0n) is 7.72. The Labute approximate surface area is 99.8 Å². The van der Waals surface area contributed by atoms with Gasteiger partial charge in [0.2, 0.25) is 0 Å². The van der Waals surface area contributed by atoms with Crippen LogP contribution in [-0.2, 0) is 0 Å². The van der Waals surface area contributed by atoms with Crippen LogP contribution in [0.1, 0.15) is 17.3 Å². The molecular formula is C10H10Br2O2. The molecule has 1 heterocycles. The smallest absolute Gasteiger partial charge is 0.162 e. The molecule has 0 saturated heterocycles. The summed E-state index contributed by atoms with van der Waals surface area (Å²) in [5, 5.41) is 0. The highest BCUT2D eigenvalue weighted by molar-refractivity contribution is 9.11. The standard InChI is InChI=1S/C10H10Br2O2/c1-6(11)7-4-9-10(5-8(7)12)14-3-2-13-9/h4-6H,2-3H2,1H3. The fraction of sp³-hybridized carbons (Fsp3) is 0.400. The molecule has 0 fully saturated rings. The molecule has 1 unspecified atom stereocenters. The molecular weight excluding hydrogens is 312 g/mol. The first kappa shape index (κ1) is 10.3. The van der Waals surface area contributed by atoms with E-state index in [4.69, 9.17) is 9.47 Å². The number of benzene rings is 1. The van der Waals surface area contributed by atoms with E-state index in [1.807, 2.05) is 12.1 Å². The molecule has 4 heteroatoms. The van der Waals surface area contributed by atoms with Crippen molar-refractivity contribution in [2.45, 2.75) is 11.8 Å². The Morgan fingerprint density at radius 3 is 2.36 bits per heavy atom. The van der Waals surface area contributed by atoms with Gasteiger partial charge in [-0.05, 0) is 24.6 Å². The lowest BCUT2D eigenvalue weighted by Crippen LogP contribution is -2.15. The van der Waals surface area contributed by atoms with Crippen molar-refractivity contribution >= 4 is 31.9 Å². The summed E-state index contributed by atoms with van der Waals surface area (Å²) in [7, 11) is 0. The molecule has 76 valence electrons. The van der Waals surface area contributed by atoms with Crippen LogP contribution in [0.25, 0.3) is 0 Å². The van der Waals surface area contributed by atoms with Gasteiger partial charge in [-0.15, -0.1) is 0 Å².